The molecular formula is C20H13F5N2O2. The third-order valence-corrected chi connectivity index (χ3v) is 4.17. The molecule has 0 saturated heterocycles. The van der Waals surface area contributed by atoms with Gasteiger partial charge in [0.05, 0.1) is 17.7 Å². The average molecular weight is 408 g/mol. The molecule has 9 heteroatoms. The lowest BCUT2D eigenvalue weighted by molar-refractivity contribution is -0.137. The van der Waals surface area contributed by atoms with Crippen molar-refractivity contribution in [2.45, 2.75) is 19.5 Å². The normalized spacial score (nSPS) is 11.5. The van der Waals surface area contributed by atoms with Gasteiger partial charge in [0.1, 0.15) is 5.69 Å². The Morgan fingerprint density at radius 1 is 1.03 bits per heavy atom. The Morgan fingerprint density at radius 3 is 2.24 bits per heavy atom. The fraction of sp³-hybridized carbons (Fsp3) is 0.150. The number of ketones is 2. The molecule has 29 heavy (non-hydrogen) atoms. The number of halogens is 5. The van der Waals surface area contributed by atoms with E-state index in [0.29, 0.717) is 0 Å². The molecule has 1 heterocycles. The van der Waals surface area contributed by atoms with Crippen LogP contribution in [-0.2, 0) is 12.6 Å². The minimum absolute atomic E-state index is 0.0291. The summed E-state index contributed by atoms with van der Waals surface area (Å²) in [5.74, 6) is -3.45. The second-order valence-electron chi connectivity index (χ2n) is 6.24. The first-order valence-corrected chi connectivity index (χ1v) is 8.32. The minimum Gasteiger partial charge on any atom is -0.295 e. The van der Waals surface area contributed by atoms with E-state index in [1.165, 1.54) is 24.4 Å². The van der Waals surface area contributed by atoms with E-state index in [0.717, 1.165) is 35.9 Å². The van der Waals surface area contributed by atoms with E-state index in [4.69, 9.17) is 0 Å². The van der Waals surface area contributed by atoms with Crippen LogP contribution in [0.2, 0.25) is 0 Å². The Morgan fingerprint density at radius 2 is 1.66 bits per heavy atom. The lowest BCUT2D eigenvalue weighted by atomic mass is 10.0. The van der Waals surface area contributed by atoms with Gasteiger partial charge in [0, 0.05) is 17.3 Å². The van der Waals surface area contributed by atoms with Gasteiger partial charge in [-0.05, 0) is 31.2 Å². The summed E-state index contributed by atoms with van der Waals surface area (Å²) in [4.78, 5) is 23.6. The molecule has 0 aliphatic carbocycles. The smallest absolute Gasteiger partial charge is 0.295 e. The van der Waals surface area contributed by atoms with Crippen molar-refractivity contribution in [3.63, 3.8) is 0 Å². The largest absolute Gasteiger partial charge is 0.417 e. The van der Waals surface area contributed by atoms with Gasteiger partial charge in [0.25, 0.3) is 0 Å². The van der Waals surface area contributed by atoms with Crippen LogP contribution < -0.4 is 0 Å². The Balaban J connectivity index is 1.89. The lowest BCUT2D eigenvalue weighted by Gasteiger charge is -2.11. The maximum atomic E-state index is 14.2. The molecule has 0 amide bonds. The first kappa shape index (κ1) is 20.4. The van der Waals surface area contributed by atoms with E-state index in [-0.39, 0.29) is 11.3 Å². The van der Waals surface area contributed by atoms with Gasteiger partial charge in [-0.15, -0.1) is 0 Å². The molecule has 3 aromatic rings. The number of carbonyl (C=O) groups excluding carboxylic acids is 2. The van der Waals surface area contributed by atoms with Crippen molar-refractivity contribution in [1.29, 1.82) is 0 Å². The van der Waals surface area contributed by atoms with Crippen molar-refractivity contribution < 1.29 is 31.5 Å². The molecule has 0 bridgehead atoms. The summed E-state index contributed by atoms with van der Waals surface area (Å²) in [6.07, 6.45) is -4.02. The topological polar surface area (TPSA) is 52.0 Å². The van der Waals surface area contributed by atoms with E-state index in [1.54, 1.807) is 0 Å². The standard InChI is InChI=1S/C20H13F5N2O2/c1-11(28)12-8-16(21)19(17(22)9-12)27-7-6-13(26-27)10-18(29)14-4-2-3-5-15(14)20(23,24)25/h2-9H,10H2,1H3. The van der Waals surface area contributed by atoms with Crippen LogP contribution in [0.25, 0.3) is 5.69 Å². The summed E-state index contributed by atoms with van der Waals surface area (Å²) in [5.41, 5.74) is -2.28. The summed E-state index contributed by atoms with van der Waals surface area (Å²) in [6, 6.07) is 7.31. The van der Waals surface area contributed by atoms with Gasteiger partial charge in [-0.1, -0.05) is 18.2 Å². The predicted molar refractivity (Wildman–Crippen MR) is 93.0 cm³/mol. The Bertz CT molecular complexity index is 1080. The molecule has 0 N–H and O–H groups in total. The Kier molecular flexibility index (Phi) is 5.32. The van der Waals surface area contributed by atoms with E-state index in [1.807, 2.05) is 0 Å². The van der Waals surface area contributed by atoms with Crippen LogP contribution in [0.1, 0.15) is 38.9 Å². The molecule has 0 radical (unpaired) electrons. The number of hydrogen-bond donors (Lipinski definition) is 0. The van der Waals surface area contributed by atoms with Gasteiger partial charge in [-0.25, -0.2) is 13.5 Å². The highest BCUT2D eigenvalue weighted by molar-refractivity contribution is 5.98. The fourth-order valence-corrected chi connectivity index (χ4v) is 2.80. The van der Waals surface area contributed by atoms with Crippen molar-refractivity contribution in [3.8, 4) is 5.69 Å². The van der Waals surface area contributed by atoms with Gasteiger partial charge in [-0.3, -0.25) is 9.59 Å². The van der Waals surface area contributed by atoms with Gasteiger partial charge in [0.2, 0.25) is 0 Å². The maximum absolute atomic E-state index is 14.2. The van der Waals surface area contributed by atoms with Gasteiger partial charge in [-0.2, -0.15) is 18.3 Å². The monoisotopic (exact) mass is 408 g/mol. The van der Waals surface area contributed by atoms with Crippen LogP contribution in [0.15, 0.2) is 48.7 Å². The van der Waals surface area contributed by atoms with Crippen molar-refractivity contribution in [1.82, 2.24) is 9.78 Å². The van der Waals surface area contributed by atoms with Gasteiger partial charge < -0.3 is 0 Å². The quantitative estimate of drug-likeness (QED) is 0.450. The first-order valence-electron chi connectivity index (χ1n) is 8.32. The second-order valence-corrected chi connectivity index (χ2v) is 6.24. The Hall–Kier alpha value is -3.36. The van der Waals surface area contributed by atoms with Crippen LogP contribution in [0, 0.1) is 11.6 Å². The highest BCUT2D eigenvalue weighted by Crippen LogP contribution is 2.32. The molecule has 0 atom stereocenters. The van der Waals surface area contributed by atoms with Gasteiger partial charge in [0.15, 0.2) is 23.2 Å². The van der Waals surface area contributed by atoms with Crippen molar-refractivity contribution in [2.75, 3.05) is 0 Å². The third-order valence-electron chi connectivity index (χ3n) is 4.17. The molecule has 150 valence electrons. The zero-order valence-corrected chi connectivity index (χ0v) is 14.9. The third kappa shape index (κ3) is 4.23. The number of rotatable bonds is 5. The summed E-state index contributed by atoms with van der Waals surface area (Å²) in [6.45, 7) is 1.16. The molecule has 0 saturated carbocycles. The predicted octanol–water partition coefficient (Wildman–Crippen LogP) is 4.80. The average Bonchev–Trinajstić information content (AvgIpc) is 3.08. The number of nitrogens with zero attached hydrogens (tertiary/aromatic N) is 2. The summed E-state index contributed by atoms with van der Waals surface area (Å²) >= 11 is 0. The zero-order valence-electron chi connectivity index (χ0n) is 14.9. The van der Waals surface area contributed by atoms with Crippen LogP contribution in [0.4, 0.5) is 22.0 Å². The number of hydrogen-bond acceptors (Lipinski definition) is 3. The highest BCUT2D eigenvalue weighted by atomic mass is 19.4. The lowest BCUT2D eigenvalue weighted by Crippen LogP contribution is -2.14. The van der Waals surface area contributed by atoms with Crippen LogP contribution in [0.3, 0.4) is 0 Å². The maximum Gasteiger partial charge on any atom is 0.417 e. The van der Waals surface area contributed by atoms with Crippen molar-refractivity contribution in [3.05, 3.63) is 82.7 Å². The molecule has 0 unspecified atom stereocenters. The van der Waals surface area contributed by atoms with E-state index < -0.39 is 52.6 Å². The Labute approximate surface area is 161 Å². The number of Topliss-reactive ketones (excluding diaryl/α,β-unsaturated/α-hetero) is 2. The molecular weight excluding hydrogens is 395 g/mol. The molecule has 4 nitrogen and oxygen atoms in total. The van der Waals surface area contributed by atoms with Crippen LogP contribution in [-0.4, -0.2) is 21.3 Å². The minimum atomic E-state index is -4.70. The fourth-order valence-electron chi connectivity index (χ4n) is 2.80. The number of benzene rings is 2. The van der Waals surface area contributed by atoms with Crippen molar-refractivity contribution >= 4 is 11.6 Å². The van der Waals surface area contributed by atoms with Gasteiger partial charge >= 0.3 is 6.18 Å². The van der Waals surface area contributed by atoms with E-state index >= 15 is 0 Å². The molecule has 2 aromatic carbocycles. The summed E-state index contributed by atoms with van der Waals surface area (Å²) < 4.78 is 68.5. The summed E-state index contributed by atoms with van der Waals surface area (Å²) in [5, 5.41) is 3.88. The number of alkyl halides is 3. The number of carbonyl (C=O) groups is 2. The molecule has 0 spiro atoms. The van der Waals surface area contributed by atoms with Crippen molar-refractivity contribution in [2.24, 2.45) is 0 Å². The SMILES string of the molecule is CC(=O)c1cc(F)c(-n2ccc(CC(=O)c3ccccc3C(F)(F)F)n2)c(F)c1. The van der Waals surface area contributed by atoms with E-state index in [2.05, 4.69) is 5.10 Å². The summed E-state index contributed by atoms with van der Waals surface area (Å²) in [7, 11) is 0. The van der Waals surface area contributed by atoms with E-state index in [9.17, 15) is 31.5 Å². The van der Waals surface area contributed by atoms with Crippen LogP contribution in [0.5, 0.6) is 0 Å². The molecule has 1 aromatic heterocycles. The molecule has 0 aliphatic rings. The molecule has 0 aliphatic heterocycles. The second kappa shape index (κ2) is 7.57. The molecule has 3 rings (SSSR count). The zero-order chi connectivity index (χ0) is 21.3. The highest BCUT2D eigenvalue weighted by Gasteiger charge is 2.34. The molecule has 0 fully saturated rings. The first-order chi connectivity index (χ1) is 13.6. The van der Waals surface area contributed by atoms with Crippen LogP contribution >= 0.6 is 0 Å². The number of aromatic nitrogens is 2.